The molecule has 2 saturated carbocycles. The van der Waals surface area contributed by atoms with Crippen molar-refractivity contribution in [3.05, 3.63) is 54.1 Å². The Bertz CT molecular complexity index is 1060. The van der Waals surface area contributed by atoms with Gasteiger partial charge in [-0.3, -0.25) is 9.80 Å². The number of benzene rings is 1. The van der Waals surface area contributed by atoms with Crippen LogP contribution in [0.15, 0.2) is 42.7 Å². The molecule has 194 valence electrons. The van der Waals surface area contributed by atoms with E-state index in [0.717, 1.165) is 57.5 Å². The molecule has 5 rings (SSSR count). The lowest BCUT2D eigenvalue weighted by Gasteiger charge is -2.52. The Hall–Kier alpha value is -2.68. The van der Waals surface area contributed by atoms with Crippen molar-refractivity contribution in [2.75, 3.05) is 31.6 Å². The van der Waals surface area contributed by atoms with Crippen LogP contribution >= 0.6 is 0 Å². The van der Waals surface area contributed by atoms with Crippen molar-refractivity contribution in [1.82, 2.24) is 19.8 Å². The average molecular weight is 502 g/mol. The van der Waals surface area contributed by atoms with E-state index in [4.69, 9.17) is 0 Å². The molecule has 3 fully saturated rings. The van der Waals surface area contributed by atoms with Gasteiger partial charge in [0.05, 0.1) is 30.2 Å². The van der Waals surface area contributed by atoms with E-state index in [-0.39, 0.29) is 17.1 Å². The number of amides is 2. The highest BCUT2D eigenvalue weighted by Gasteiger charge is 2.55. The molecule has 2 heterocycles. The lowest BCUT2D eigenvalue weighted by molar-refractivity contribution is -0.144. The van der Waals surface area contributed by atoms with Crippen molar-refractivity contribution in [1.29, 1.82) is 0 Å². The third-order valence-electron chi connectivity index (χ3n) is 8.88. The van der Waals surface area contributed by atoms with Gasteiger partial charge in [-0.25, -0.2) is 14.8 Å². The molecule has 2 aromatic rings. The Morgan fingerprint density at radius 1 is 1.06 bits per heavy atom. The summed E-state index contributed by atoms with van der Waals surface area (Å²) < 4.78 is 39.0. The van der Waals surface area contributed by atoms with Crippen LogP contribution in [0, 0.1) is 5.92 Å². The number of nitrogens with zero attached hydrogens (tertiary/aromatic N) is 5. The molecule has 2 amide bonds. The first-order valence-corrected chi connectivity index (χ1v) is 12.9. The van der Waals surface area contributed by atoms with Crippen molar-refractivity contribution in [2.24, 2.45) is 5.92 Å². The van der Waals surface area contributed by atoms with E-state index >= 15 is 0 Å². The Balaban J connectivity index is 1.44. The smallest absolute Gasteiger partial charge is 0.317 e. The summed E-state index contributed by atoms with van der Waals surface area (Å²) in [4.78, 5) is 26.8. The van der Waals surface area contributed by atoms with E-state index in [2.05, 4.69) is 53.1 Å². The van der Waals surface area contributed by atoms with Gasteiger partial charge in [0, 0.05) is 12.1 Å². The zero-order chi connectivity index (χ0) is 25.6. The normalized spacial score (nSPS) is 27.2. The van der Waals surface area contributed by atoms with Gasteiger partial charge in [-0.2, -0.15) is 13.2 Å². The predicted octanol–water partition coefficient (Wildman–Crippen LogP) is 5.70. The van der Waals surface area contributed by atoms with Crippen LogP contribution in [0.2, 0.25) is 0 Å². The Kier molecular flexibility index (Phi) is 6.47. The van der Waals surface area contributed by atoms with E-state index in [0.29, 0.717) is 24.7 Å². The Labute approximate surface area is 210 Å². The molecule has 0 atom stereocenters. The van der Waals surface area contributed by atoms with Crippen molar-refractivity contribution in [3.63, 3.8) is 0 Å². The highest BCUT2D eigenvalue weighted by molar-refractivity contribution is 5.95. The maximum absolute atomic E-state index is 13.7. The zero-order valence-electron chi connectivity index (χ0n) is 21.0. The molecule has 0 N–H and O–H groups in total. The van der Waals surface area contributed by atoms with Crippen LogP contribution < -0.4 is 4.90 Å². The van der Waals surface area contributed by atoms with E-state index in [1.54, 1.807) is 4.90 Å². The Morgan fingerprint density at radius 3 is 2.22 bits per heavy atom. The molecule has 1 saturated heterocycles. The molecule has 0 unspecified atom stereocenters. The van der Waals surface area contributed by atoms with Gasteiger partial charge in [-0.15, -0.1) is 0 Å². The number of alkyl halides is 3. The summed E-state index contributed by atoms with van der Waals surface area (Å²) >= 11 is 0. The second-order valence-electron chi connectivity index (χ2n) is 10.7. The standard InChI is InChI=1S/C27H34F3N5O/c1-3-33(2)26(21-10-5-4-6-11-21)14-12-25(13-15-26)19-34(24(36)35(25)18-20-8-7-9-20)22-16-31-23(32-17-22)27(28,29)30/h4-6,10-11,16-17,20H,3,7-9,12-15,18-19H2,1-2H3. The number of hydrogen-bond donors (Lipinski definition) is 0. The summed E-state index contributed by atoms with van der Waals surface area (Å²) in [6.45, 7) is 4.25. The summed E-state index contributed by atoms with van der Waals surface area (Å²) in [7, 11) is 2.17. The Morgan fingerprint density at radius 2 is 1.69 bits per heavy atom. The van der Waals surface area contributed by atoms with Crippen LogP contribution in [0.4, 0.5) is 23.7 Å². The van der Waals surface area contributed by atoms with Crippen LogP contribution in [0.25, 0.3) is 0 Å². The van der Waals surface area contributed by atoms with Gasteiger partial charge < -0.3 is 4.90 Å². The summed E-state index contributed by atoms with van der Waals surface area (Å²) in [6, 6.07) is 10.5. The largest absolute Gasteiger partial charge is 0.451 e. The number of hydrogen-bond acceptors (Lipinski definition) is 4. The zero-order valence-corrected chi connectivity index (χ0v) is 21.0. The van der Waals surface area contributed by atoms with Crippen LogP contribution in [-0.2, 0) is 11.7 Å². The van der Waals surface area contributed by atoms with Gasteiger partial charge in [0.2, 0.25) is 5.82 Å². The second kappa shape index (κ2) is 9.32. The molecule has 0 bridgehead atoms. The first kappa shape index (κ1) is 25.0. The van der Waals surface area contributed by atoms with Gasteiger partial charge in [0.25, 0.3) is 0 Å². The van der Waals surface area contributed by atoms with Gasteiger partial charge in [-0.05, 0) is 63.6 Å². The molecule has 2 aliphatic carbocycles. The average Bonchev–Trinajstić information content (AvgIpc) is 3.12. The summed E-state index contributed by atoms with van der Waals surface area (Å²) in [5.41, 5.74) is 1.18. The van der Waals surface area contributed by atoms with E-state index in [1.165, 1.54) is 12.0 Å². The number of halogens is 3. The molecule has 3 aliphatic rings. The van der Waals surface area contributed by atoms with Gasteiger partial charge >= 0.3 is 12.2 Å². The van der Waals surface area contributed by atoms with Crippen molar-refractivity contribution in [2.45, 2.75) is 69.1 Å². The number of carbonyl (C=O) groups is 1. The van der Waals surface area contributed by atoms with Gasteiger partial charge in [-0.1, -0.05) is 43.7 Å². The number of anilines is 1. The van der Waals surface area contributed by atoms with Crippen LogP contribution in [0.3, 0.4) is 0 Å². The molecule has 1 aromatic heterocycles. The number of urea groups is 1. The second-order valence-corrected chi connectivity index (χ2v) is 10.7. The fourth-order valence-electron chi connectivity index (χ4n) is 6.31. The molecule has 6 nitrogen and oxygen atoms in total. The van der Waals surface area contributed by atoms with E-state index < -0.39 is 12.0 Å². The van der Waals surface area contributed by atoms with E-state index in [1.807, 2.05) is 11.0 Å². The number of aromatic nitrogens is 2. The number of rotatable bonds is 6. The fourth-order valence-corrected chi connectivity index (χ4v) is 6.31. The molecular weight excluding hydrogens is 467 g/mol. The van der Waals surface area contributed by atoms with E-state index in [9.17, 15) is 18.0 Å². The summed E-state index contributed by atoms with van der Waals surface area (Å²) in [5.74, 6) is -0.694. The third-order valence-corrected chi connectivity index (χ3v) is 8.88. The number of carbonyl (C=O) groups excluding carboxylic acids is 1. The SMILES string of the molecule is CCN(C)C1(c2ccccc2)CCC2(CC1)CN(c1cnc(C(F)(F)F)nc1)C(=O)N2CC1CCC1. The van der Waals surface area contributed by atoms with Crippen molar-refractivity contribution in [3.8, 4) is 0 Å². The molecule has 36 heavy (non-hydrogen) atoms. The lowest BCUT2D eigenvalue weighted by atomic mass is 9.68. The third kappa shape index (κ3) is 4.25. The molecule has 1 spiro atoms. The first-order valence-electron chi connectivity index (χ1n) is 12.9. The minimum Gasteiger partial charge on any atom is -0.317 e. The molecule has 1 aromatic carbocycles. The van der Waals surface area contributed by atoms with Crippen LogP contribution in [0.1, 0.15) is 63.3 Å². The summed E-state index contributed by atoms with van der Waals surface area (Å²) in [6.07, 6.45) is 4.58. The highest BCUT2D eigenvalue weighted by Crippen LogP contribution is 2.50. The van der Waals surface area contributed by atoms with Crippen LogP contribution in [-0.4, -0.2) is 58.0 Å². The first-order chi connectivity index (χ1) is 17.2. The molecule has 1 aliphatic heterocycles. The van der Waals surface area contributed by atoms with Gasteiger partial charge in [0.15, 0.2) is 0 Å². The van der Waals surface area contributed by atoms with Crippen LogP contribution in [0.5, 0.6) is 0 Å². The van der Waals surface area contributed by atoms with Crippen molar-refractivity contribution >= 4 is 11.7 Å². The fraction of sp³-hybridized carbons (Fsp3) is 0.593. The lowest BCUT2D eigenvalue weighted by Crippen LogP contribution is -2.57. The van der Waals surface area contributed by atoms with Crippen molar-refractivity contribution < 1.29 is 18.0 Å². The molecule has 9 heteroatoms. The predicted molar refractivity (Wildman–Crippen MR) is 131 cm³/mol. The maximum Gasteiger partial charge on any atom is 0.451 e. The molecular formula is C27H34F3N5O. The quantitative estimate of drug-likeness (QED) is 0.510. The molecule has 0 radical (unpaired) electrons. The monoisotopic (exact) mass is 501 g/mol. The summed E-state index contributed by atoms with van der Waals surface area (Å²) in [5, 5.41) is 0. The highest BCUT2D eigenvalue weighted by atomic mass is 19.4. The van der Waals surface area contributed by atoms with Gasteiger partial charge in [0.1, 0.15) is 0 Å². The minimum atomic E-state index is -4.61. The topological polar surface area (TPSA) is 52.6 Å². The minimum absolute atomic E-state index is 0.0999. The maximum atomic E-state index is 13.7.